The number of benzene rings is 1. The van der Waals surface area contributed by atoms with Gasteiger partial charge in [0.15, 0.2) is 0 Å². The van der Waals surface area contributed by atoms with Gasteiger partial charge in [0.2, 0.25) is 5.91 Å². The predicted octanol–water partition coefficient (Wildman–Crippen LogP) is 1.51. The number of aromatic nitrogens is 2. The number of imidazole rings is 1. The van der Waals surface area contributed by atoms with E-state index in [-0.39, 0.29) is 36.0 Å². The first-order valence-corrected chi connectivity index (χ1v) is 7.80. The molecule has 0 aliphatic carbocycles. The molecule has 126 valence electrons. The van der Waals surface area contributed by atoms with Gasteiger partial charge in [-0.05, 0) is 25.0 Å². The summed E-state index contributed by atoms with van der Waals surface area (Å²) >= 11 is 0. The third kappa shape index (κ3) is 3.28. The number of nitrogens with zero attached hydrogens (tertiary/aromatic N) is 2. The van der Waals surface area contributed by atoms with E-state index in [1.807, 2.05) is 40.7 Å². The zero-order valence-electron chi connectivity index (χ0n) is 13.2. The van der Waals surface area contributed by atoms with Gasteiger partial charge in [0, 0.05) is 31.6 Å². The molecule has 3 rings (SSSR count). The Morgan fingerprint density at radius 3 is 2.65 bits per heavy atom. The van der Waals surface area contributed by atoms with Gasteiger partial charge in [0.05, 0.1) is 11.0 Å². The molecule has 2 aromatic rings. The first kappa shape index (κ1) is 17.6. The Hall–Kier alpha value is -1.79. The van der Waals surface area contributed by atoms with Crippen LogP contribution in [0, 0.1) is 5.92 Å². The van der Waals surface area contributed by atoms with Crippen LogP contribution in [0.4, 0.5) is 0 Å². The van der Waals surface area contributed by atoms with Crippen molar-refractivity contribution < 1.29 is 4.79 Å². The maximum absolute atomic E-state index is 12.2. The lowest BCUT2D eigenvalue weighted by molar-refractivity contribution is -0.135. The number of aromatic amines is 1. The zero-order chi connectivity index (χ0) is 15.7. The van der Waals surface area contributed by atoms with Crippen LogP contribution >= 0.6 is 12.4 Å². The molecule has 1 amide bonds. The molecule has 3 N–H and O–H groups in total. The molecule has 7 heteroatoms. The fourth-order valence-corrected chi connectivity index (χ4v) is 3.19. The van der Waals surface area contributed by atoms with Crippen molar-refractivity contribution in [3.63, 3.8) is 0 Å². The number of nitrogens with one attached hydrogen (secondary N) is 1. The molecule has 1 unspecified atom stereocenters. The van der Waals surface area contributed by atoms with E-state index in [0.29, 0.717) is 19.6 Å². The van der Waals surface area contributed by atoms with Crippen LogP contribution in [0.1, 0.15) is 25.8 Å². The largest absolute Gasteiger partial charge is 0.342 e. The van der Waals surface area contributed by atoms with Crippen molar-refractivity contribution in [1.29, 1.82) is 0 Å². The van der Waals surface area contributed by atoms with E-state index in [1.54, 1.807) is 0 Å². The van der Waals surface area contributed by atoms with Crippen molar-refractivity contribution in [3.05, 3.63) is 34.7 Å². The molecule has 1 saturated heterocycles. The van der Waals surface area contributed by atoms with Crippen molar-refractivity contribution in [2.45, 2.75) is 25.8 Å². The van der Waals surface area contributed by atoms with Crippen LogP contribution in [0.5, 0.6) is 0 Å². The topological polar surface area (TPSA) is 84.1 Å². The number of amides is 1. The Morgan fingerprint density at radius 1 is 1.35 bits per heavy atom. The SMILES string of the molecule is CC(CN)C(=O)N1CCC(n2c(=O)[nH]c3ccccc32)CC1.Cl. The first-order chi connectivity index (χ1) is 10.6. The van der Waals surface area contributed by atoms with E-state index >= 15 is 0 Å². The van der Waals surface area contributed by atoms with Gasteiger partial charge in [-0.1, -0.05) is 19.1 Å². The van der Waals surface area contributed by atoms with E-state index in [1.165, 1.54) is 0 Å². The highest BCUT2D eigenvalue weighted by Crippen LogP contribution is 2.25. The van der Waals surface area contributed by atoms with Crippen molar-refractivity contribution in [2.24, 2.45) is 11.7 Å². The van der Waals surface area contributed by atoms with Gasteiger partial charge in [-0.3, -0.25) is 9.36 Å². The second kappa shape index (κ2) is 7.19. The molecule has 2 heterocycles. The lowest BCUT2D eigenvalue weighted by Crippen LogP contribution is -2.44. The number of carbonyl (C=O) groups is 1. The minimum absolute atomic E-state index is 0. The van der Waals surface area contributed by atoms with Gasteiger partial charge in [-0.2, -0.15) is 0 Å². The summed E-state index contributed by atoms with van der Waals surface area (Å²) in [6.07, 6.45) is 1.59. The van der Waals surface area contributed by atoms with E-state index in [4.69, 9.17) is 5.73 Å². The number of fused-ring (bicyclic) bond motifs is 1. The molecule has 1 aliphatic heterocycles. The van der Waals surface area contributed by atoms with Gasteiger partial charge in [0.25, 0.3) is 0 Å². The van der Waals surface area contributed by atoms with Gasteiger partial charge in [-0.15, -0.1) is 12.4 Å². The fourth-order valence-electron chi connectivity index (χ4n) is 3.19. The smallest absolute Gasteiger partial charge is 0.326 e. The van der Waals surface area contributed by atoms with Crippen molar-refractivity contribution in [2.75, 3.05) is 19.6 Å². The summed E-state index contributed by atoms with van der Waals surface area (Å²) in [6, 6.07) is 7.86. The Labute approximate surface area is 141 Å². The van der Waals surface area contributed by atoms with Crippen LogP contribution in [0.3, 0.4) is 0 Å². The van der Waals surface area contributed by atoms with Crippen LogP contribution in [-0.4, -0.2) is 40.0 Å². The first-order valence-electron chi connectivity index (χ1n) is 7.80. The molecule has 23 heavy (non-hydrogen) atoms. The minimum atomic E-state index is -0.132. The Bertz CT molecular complexity index is 731. The molecule has 1 aliphatic rings. The Morgan fingerprint density at radius 2 is 2.00 bits per heavy atom. The molecule has 1 fully saturated rings. The quantitative estimate of drug-likeness (QED) is 0.889. The number of hydrogen-bond donors (Lipinski definition) is 2. The monoisotopic (exact) mass is 338 g/mol. The highest BCUT2D eigenvalue weighted by atomic mass is 35.5. The third-order valence-corrected chi connectivity index (χ3v) is 4.54. The van der Waals surface area contributed by atoms with Crippen LogP contribution in [0.25, 0.3) is 11.0 Å². The number of nitrogens with two attached hydrogens (primary N) is 1. The Balaban J connectivity index is 0.00000192. The summed E-state index contributed by atoms with van der Waals surface area (Å²) in [5, 5.41) is 0. The Kier molecular flexibility index (Phi) is 5.49. The number of piperidine rings is 1. The number of H-pyrrole nitrogens is 1. The van der Waals surface area contributed by atoms with Crippen molar-refractivity contribution in [3.8, 4) is 0 Å². The second-order valence-corrected chi connectivity index (χ2v) is 6.01. The number of carbonyl (C=O) groups excluding carboxylic acids is 1. The predicted molar refractivity (Wildman–Crippen MR) is 92.9 cm³/mol. The van der Waals surface area contributed by atoms with Crippen molar-refractivity contribution in [1.82, 2.24) is 14.5 Å². The number of hydrogen-bond acceptors (Lipinski definition) is 3. The molecule has 1 aromatic carbocycles. The highest BCUT2D eigenvalue weighted by molar-refractivity contribution is 5.85. The van der Waals surface area contributed by atoms with Crippen LogP contribution in [0.2, 0.25) is 0 Å². The maximum atomic E-state index is 12.2. The molecule has 0 radical (unpaired) electrons. The standard InChI is InChI=1S/C16H22N4O2.ClH/c1-11(10-17)15(21)19-8-6-12(7-9-19)20-14-5-3-2-4-13(14)18-16(20)22;/h2-5,11-12H,6-10,17H2,1H3,(H,18,22);1H. The van der Waals surface area contributed by atoms with E-state index in [0.717, 1.165) is 23.9 Å². The molecule has 0 spiro atoms. The minimum Gasteiger partial charge on any atom is -0.342 e. The highest BCUT2D eigenvalue weighted by Gasteiger charge is 2.27. The van der Waals surface area contributed by atoms with E-state index in [9.17, 15) is 9.59 Å². The van der Waals surface area contributed by atoms with E-state index in [2.05, 4.69) is 4.98 Å². The molecule has 1 atom stereocenters. The number of para-hydroxylation sites is 2. The summed E-state index contributed by atoms with van der Waals surface area (Å²) in [4.78, 5) is 29.2. The molecular weight excluding hydrogens is 316 g/mol. The van der Waals surface area contributed by atoms with Crippen LogP contribution < -0.4 is 11.4 Å². The molecule has 0 saturated carbocycles. The lowest BCUT2D eigenvalue weighted by Gasteiger charge is -2.33. The van der Waals surface area contributed by atoms with Crippen LogP contribution in [-0.2, 0) is 4.79 Å². The summed E-state index contributed by atoms with van der Waals surface area (Å²) in [5.74, 6) is -0.0143. The fraction of sp³-hybridized carbons (Fsp3) is 0.500. The summed E-state index contributed by atoms with van der Waals surface area (Å²) in [5.41, 5.74) is 7.30. The lowest BCUT2D eigenvalue weighted by atomic mass is 10.0. The van der Waals surface area contributed by atoms with E-state index < -0.39 is 0 Å². The average molecular weight is 339 g/mol. The molecular formula is C16H23ClN4O2. The maximum Gasteiger partial charge on any atom is 0.326 e. The normalized spacial score (nSPS) is 17.0. The van der Waals surface area contributed by atoms with Gasteiger partial charge in [-0.25, -0.2) is 4.79 Å². The third-order valence-electron chi connectivity index (χ3n) is 4.54. The van der Waals surface area contributed by atoms with Gasteiger partial charge >= 0.3 is 5.69 Å². The number of rotatable bonds is 3. The number of halogens is 1. The molecule has 1 aromatic heterocycles. The average Bonchev–Trinajstić information content (AvgIpc) is 2.89. The van der Waals surface area contributed by atoms with Gasteiger partial charge < -0.3 is 15.6 Å². The summed E-state index contributed by atoms with van der Waals surface area (Å²) < 4.78 is 1.84. The van der Waals surface area contributed by atoms with Gasteiger partial charge in [0.1, 0.15) is 0 Å². The molecule has 6 nitrogen and oxygen atoms in total. The number of likely N-dealkylation sites (tertiary alicyclic amines) is 1. The summed E-state index contributed by atoms with van der Waals surface area (Å²) in [6.45, 7) is 3.60. The van der Waals surface area contributed by atoms with Crippen molar-refractivity contribution >= 4 is 29.3 Å². The summed E-state index contributed by atoms with van der Waals surface area (Å²) in [7, 11) is 0. The second-order valence-electron chi connectivity index (χ2n) is 6.01. The van der Waals surface area contributed by atoms with Crippen LogP contribution in [0.15, 0.2) is 29.1 Å². The molecule has 0 bridgehead atoms. The zero-order valence-corrected chi connectivity index (χ0v) is 14.0.